The van der Waals surface area contributed by atoms with Gasteiger partial charge in [0.25, 0.3) is 5.01 Å². The summed E-state index contributed by atoms with van der Waals surface area (Å²) in [6.07, 6.45) is 1.91. The Morgan fingerprint density at radius 1 is 1.18 bits per heavy atom. The molecule has 0 saturated carbocycles. The Balaban J connectivity index is 1.86. The van der Waals surface area contributed by atoms with Crippen LogP contribution in [0, 0.1) is 0 Å². The summed E-state index contributed by atoms with van der Waals surface area (Å²) in [7, 11) is -4.48. The molecule has 0 bridgehead atoms. The highest BCUT2D eigenvalue weighted by Crippen LogP contribution is 2.47. The molecule has 10 heteroatoms. The molecule has 0 spiro atoms. The van der Waals surface area contributed by atoms with Crippen LogP contribution in [-0.4, -0.2) is 19.5 Å². The normalized spacial score (nSPS) is 15.6. The zero-order valence-corrected chi connectivity index (χ0v) is 18.5. The van der Waals surface area contributed by atoms with E-state index in [1.165, 1.54) is 15.9 Å². The standard InChI is InChI=1S/C18H14Cl2N2O3S3/c1-2-21-13-7-11(19)3-5-15(13)26-17(21)9-18-22(10-28(23,24)25)14-8-12(20)4-6-16(14)27-18/h3-9H,2,10H2,1H3. The van der Waals surface area contributed by atoms with Crippen LogP contribution in [0.3, 0.4) is 0 Å². The molecule has 0 N–H and O–H groups in total. The van der Waals surface area contributed by atoms with Crippen molar-refractivity contribution >= 4 is 78.4 Å². The maximum atomic E-state index is 11.5. The summed E-state index contributed by atoms with van der Waals surface area (Å²) in [6, 6.07) is 11.0. The second kappa shape index (κ2) is 7.51. The molecular weight excluding hydrogens is 459 g/mol. The molecule has 0 atom stereocenters. The van der Waals surface area contributed by atoms with E-state index in [0.29, 0.717) is 20.6 Å². The summed E-state index contributed by atoms with van der Waals surface area (Å²) in [5.74, 6) is -0.651. The van der Waals surface area contributed by atoms with Crippen LogP contribution in [0.1, 0.15) is 11.9 Å². The van der Waals surface area contributed by atoms with Crippen molar-refractivity contribution in [2.24, 2.45) is 0 Å². The zero-order chi connectivity index (χ0) is 20.1. The molecule has 2 heterocycles. The van der Waals surface area contributed by atoms with E-state index in [1.807, 2.05) is 37.3 Å². The minimum atomic E-state index is -4.48. The molecule has 146 valence electrons. The summed E-state index contributed by atoms with van der Waals surface area (Å²) >= 11 is 15.2. The number of thioether (sulfide) groups is 1. The van der Waals surface area contributed by atoms with Crippen LogP contribution in [0.25, 0.3) is 16.3 Å². The van der Waals surface area contributed by atoms with Gasteiger partial charge in [0, 0.05) is 27.6 Å². The van der Waals surface area contributed by atoms with Crippen LogP contribution in [0.15, 0.2) is 46.3 Å². The quantitative estimate of drug-likeness (QED) is 0.397. The summed E-state index contributed by atoms with van der Waals surface area (Å²) in [6.45, 7) is 2.76. The predicted octanol–water partition coefficient (Wildman–Crippen LogP) is 4.93. The van der Waals surface area contributed by atoms with E-state index in [4.69, 9.17) is 23.2 Å². The van der Waals surface area contributed by atoms with Crippen LogP contribution in [0.4, 0.5) is 5.69 Å². The number of fused-ring (bicyclic) bond motifs is 2. The first-order valence-corrected chi connectivity index (χ1v) is 12.2. The third-order valence-corrected chi connectivity index (χ3v) is 7.50. The predicted molar refractivity (Wildman–Crippen MR) is 115 cm³/mol. The first-order valence-electron chi connectivity index (χ1n) is 8.27. The van der Waals surface area contributed by atoms with E-state index in [1.54, 1.807) is 23.9 Å². The third-order valence-electron chi connectivity index (χ3n) is 4.24. The van der Waals surface area contributed by atoms with E-state index in [9.17, 15) is 13.0 Å². The lowest BCUT2D eigenvalue weighted by atomic mass is 10.3. The Morgan fingerprint density at radius 2 is 1.89 bits per heavy atom. The Bertz CT molecular complexity index is 1220. The van der Waals surface area contributed by atoms with Crippen LogP contribution in [-0.2, 0) is 16.0 Å². The first kappa shape index (κ1) is 20.0. The molecular formula is C18H14Cl2N2O3S3. The average molecular weight is 473 g/mol. The lowest BCUT2D eigenvalue weighted by molar-refractivity contribution is -0.649. The minimum Gasteiger partial charge on any atom is -0.743 e. The zero-order valence-electron chi connectivity index (χ0n) is 14.6. The van der Waals surface area contributed by atoms with Gasteiger partial charge in [0.2, 0.25) is 11.4 Å². The van der Waals surface area contributed by atoms with Gasteiger partial charge in [-0.15, -0.1) is 0 Å². The minimum absolute atomic E-state index is 0.481. The second-order valence-corrected chi connectivity index (χ2v) is 10.5. The largest absolute Gasteiger partial charge is 0.743 e. The molecule has 5 nitrogen and oxygen atoms in total. The summed E-state index contributed by atoms with van der Waals surface area (Å²) in [4.78, 5) is 3.18. The van der Waals surface area contributed by atoms with Gasteiger partial charge in [0.05, 0.1) is 16.8 Å². The fourth-order valence-corrected chi connectivity index (χ4v) is 6.39. The number of rotatable bonds is 4. The van der Waals surface area contributed by atoms with Gasteiger partial charge < -0.3 is 9.45 Å². The molecule has 3 aromatic rings. The van der Waals surface area contributed by atoms with Crippen LogP contribution in [0.5, 0.6) is 0 Å². The van der Waals surface area contributed by atoms with Crippen LogP contribution in [0.2, 0.25) is 10.0 Å². The van der Waals surface area contributed by atoms with Gasteiger partial charge in [-0.3, -0.25) is 0 Å². The molecule has 1 aromatic heterocycles. The maximum Gasteiger partial charge on any atom is 0.266 e. The van der Waals surface area contributed by atoms with Crippen molar-refractivity contribution in [1.82, 2.24) is 0 Å². The fourth-order valence-electron chi connectivity index (χ4n) is 3.09. The molecule has 2 aromatic carbocycles. The van der Waals surface area contributed by atoms with Gasteiger partial charge in [-0.25, -0.2) is 8.42 Å². The Hall–Kier alpha value is -1.29. The van der Waals surface area contributed by atoms with Crippen molar-refractivity contribution < 1.29 is 17.5 Å². The number of halogens is 2. The van der Waals surface area contributed by atoms with Gasteiger partial charge in [0.15, 0.2) is 10.1 Å². The summed E-state index contributed by atoms with van der Waals surface area (Å²) in [5, 5.41) is 2.74. The van der Waals surface area contributed by atoms with Crippen molar-refractivity contribution in [3.8, 4) is 0 Å². The van der Waals surface area contributed by atoms with Gasteiger partial charge in [-0.2, -0.15) is 4.57 Å². The number of hydrogen-bond donors (Lipinski definition) is 0. The van der Waals surface area contributed by atoms with Crippen molar-refractivity contribution in [3.63, 3.8) is 0 Å². The maximum absolute atomic E-state index is 11.5. The van der Waals surface area contributed by atoms with Crippen LogP contribution < -0.4 is 9.47 Å². The van der Waals surface area contributed by atoms with Crippen molar-refractivity contribution in [2.45, 2.75) is 17.7 Å². The number of anilines is 1. The van der Waals surface area contributed by atoms with Crippen molar-refractivity contribution in [1.29, 1.82) is 0 Å². The molecule has 0 aliphatic carbocycles. The highest BCUT2D eigenvalue weighted by molar-refractivity contribution is 8.03. The highest BCUT2D eigenvalue weighted by atomic mass is 35.5. The van der Waals surface area contributed by atoms with Crippen molar-refractivity contribution in [3.05, 3.63) is 56.5 Å². The lowest BCUT2D eigenvalue weighted by Crippen LogP contribution is -2.39. The van der Waals surface area contributed by atoms with Crippen molar-refractivity contribution in [2.75, 3.05) is 11.4 Å². The second-order valence-electron chi connectivity index (χ2n) is 6.11. The van der Waals surface area contributed by atoms with Gasteiger partial charge in [0.1, 0.15) is 4.70 Å². The monoisotopic (exact) mass is 472 g/mol. The SMILES string of the molecule is CCN1/C(=C/c2sc3ccc(Cl)cc3[n+]2CS(=O)(=O)[O-])Sc2ccc(Cl)cc21. The molecule has 0 unspecified atom stereocenters. The molecule has 0 radical (unpaired) electrons. The smallest absolute Gasteiger partial charge is 0.266 e. The molecule has 1 aliphatic heterocycles. The van der Waals surface area contributed by atoms with E-state index < -0.39 is 16.0 Å². The van der Waals surface area contributed by atoms with E-state index in [-0.39, 0.29) is 0 Å². The summed E-state index contributed by atoms with van der Waals surface area (Å²) < 4.78 is 36.9. The molecule has 0 amide bonds. The Morgan fingerprint density at radius 3 is 2.61 bits per heavy atom. The molecule has 4 rings (SSSR count). The lowest BCUT2D eigenvalue weighted by Gasteiger charge is -2.17. The van der Waals surface area contributed by atoms with Gasteiger partial charge in [-0.1, -0.05) is 46.3 Å². The van der Waals surface area contributed by atoms with Crippen LogP contribution >= 0.6 is 46.3 Å². The van der Waals surface area contributed by atoms with E-state index in [0.717, 1.165) is 26.9 Å². The first-order chi connectivity index (χ1) is 13.2. The number of hydrogen-bond acceptors (Lipinski definition) is 6. The Labute approximate surface area is 180 Å². The van der Waals surface area contributed by atoms with Gasteiger partial charge in [-0.05, 0) is 37.3 Å². The highest BCUT2D eigenvalue weighted by Gasteiger charge is 2.28. The number of nitrogens with zero attached hydrogens (tertiary/aromatic N) is 2. The average Bonchev–Trinajstić information content (AvgIpc) is 3.11. The number of benzene rings is 2. The number of thiazole rings is 1. The van der Waals surface area contributed by atoms with Gasteiger partial charge >= 0.3 is 0 Å². The molecule has 0 fully saturated rings. The molecule has 0 saturated heterocycles. The molecule has 1 aliphatic rings. The van der Waals surface area contributed by atoms with E-state index >= 15 is 0 Å². The molecule has 28 heavy (non-hydrogen) atoms. The third kappa shape index (κ3) is 3.90. The summed E-state index contributed by atoms with van der Waals surface area (Å²) in [5.41, 5.74) is 1.63. The van der Waals surface area contributed by atoms with E-state index in [2.05, 4.69) is 4.90 Å². The topological polar surface area (TPSA) is 64.3 Å². The fraction of sp³-hybridized carbons (Fsp3) is 0.167. The Kier molecular flexibility index (Phi) is 5.37. The number of aromatic nitrogens is 1.